The van der Waals surface area contributed by atoms with Crippen LogP contribution in [-0.4, -0.2) is 14.6 Å². The molecule has 4 heteroatoms. The van der Waals surface area contributed by atoms with E-state index in [1.165, 1.54) is 6.33 Å². The number of rotatable bonds is 1. The van der Waals surface area contributed by atoms with Crippen molar-refractivity contribution < 1.29 is 2.78 Å². The second-order valence-electron chi connectivity index (χ2n) is 2.30. The number of fused-ring (bicyclic) bond motifs is 1. The quantitative estimate of drug-likeness (QED) is 0.648. The Morgan fingerprint density at radius 3 is 3.55 bits per heavy atom. The molecule has 11 heavy (non-hydrogen) atoms. The molecule has 0 fully saturated rings. The Morgan fingerprint density at radius 1 is 1.82 bits per heavy atom. The fourth-order valence-electron chi connectivity index (χ4n) is 0.985. The number of anilines is 1. The van der Waals surface area contributed by atoms with Crippen LogP contribution in [0.15, 0.2) is 18.4 Å². The van der Waals surface area contributed by atoms with Crippen LogP contribution in [0, 0.1) is 6.92 Å². The van der Waals surface area contributed by atoms with Crippen LogP contribution in [0.2, 0.25) is 1.41 Å². The third-order valence-corrected chi connectivity index (χ3v) is 1.54. The molecule has 0 radical (unpaired) electrons. The van der Waals surface area contributed by atoms with Gasteiger partial charge in [0.2, 0.25) is 0 Å². The van der Waals surface area contributed by atoms with Gasteiger partial charge in [-0.2, -0.15) is 5.10 Å². The molecule has 2 aromatic rings. The second kappa shape index (κ2) is 1.95. The van der Waals surface area contributed by atoms with Crippen LogP contribution in [0.25, 0.3) is 5.52 Å². The van der Waals surface area contributed by atoms with E-state index in [0.717, 1.165) is 5.69 Å². The number of nitrogens with zero attached hydrogens (tertiary/aromatic N) is 3. The van der Waals surface area contributed by atoms with Crippen LogP contribution in [0.4, 0.5) is 5.82 Å². The van der Waals surface area contributed by atoms with Crippen LogP contribution in [0.1, 0.15) is 7.06 Å². The molecule has 4 nitrogen and oxygen atoms in total. The number of nitrogens with two attached hydrogens (primary N) is 1. The number of hydrogen-bond acceptors (Lipinski definition) is 3. The molecule has 0 bridgehead atoms. The summed E-state index contributed by atoms with van der Waals surface area (Å²) in [5.74, 6) is 0.355. The van der Waals surface area contributed by atoms with E-state index in [-0.39, 0.29) is 0 Å². The molecule has 2 N–H and O–H groups in total. The summed E-state index contributed by atoms with van der Waals surface area (Å²) in [5.41, 5.74) is 3.58. The van der Waals surface area contributed by atoms with Gasteiger partial charge in [-0.05, 0) is 19.0 Å². The highest BCUT2D eigenvalue weighted by Gasteiger charge is 2.00. The summed E-state index contributed by atoms with van der Waals surface area (Å²) < 4.78 is 16.2. The smallest absolute Gasteiger partial charge is 0.158 e. The van der Waals surface area contributed by atoms with Crippen molar-refractivity contribution >= 4 is 11.3 Å². The lowest BCUT2D eigenvalue weighted by Gasteiger charge is -1.96. The van der Waals surface area contributed by atoms with Crippen LogP contribution in [0.5, 0.6) is 0 Å². The summed E-state index contributed by atoms with van der Waals surface area (Å²) in [7, 11) is 0. The Hall–Kier alpha value is -1.58. The Balaban J connectivity index is 2.88. The standard InChI is InChI=1S/C7H8N4/c1-5-2-3-6-7(8)9-4-10-11(5)6/h2-4H,1H3,(H2,8,9,10)/i3D/hD. The highest BCUT2D eigenvalue weighted by molar-refractivity contribution is 5.65. The second-order valence-corrected chi connectivity index (χ2v) is 2.30. The Kier molecular flexibility index (Phi) is 0.767. The molecule has 0 saturated heterocycles. The molecule has 0 aliphatic carbocycles. The van der Waals surface area contributed by atoms with Gasteiger partial charge < -0.3 is 5.73 Å². The van der Waals surface area contributed by atoms with E-state index in [4.69, 9.17) is 2.78 Å². The highest BCUT2D eigenvalue weighted by atomic mass is 15.2. The minimum Gasteiger partial charge on any atom is -0.382 e. The predicted octanol–water partition coefficient (Wildman–Crippen LogP) is 0.620. The number of nitrogen functional groups attached to an aromatic ring is 1. The molecule has 0 unspecified atom stereocenters. The van der Waals surface area contributed by atoms with Gasteiger partial charge in [0.05, 0.1) is 1.37 Å². The Morgan fingerprint density at radius 2 is 2.73 bits per heavy atom. The number of hydrogen-bond donors (Lipinski definition) is 1. The van der Waals surface area contributed by atoms with Gasteiger partial charge in [0.25, 0.3) is 0 Å². The van der Waals surface area contributed by atoms with E-state index >= 15 is 0 Å². The molecule has 2 rings (SSSR count). The van der Waals surface area contributed by atoms with Gasteiger partial charge in [-0.25, -0.2) is 9.50 Å². The third-order valence-electron chi connectivity index (χ3n) is 1.54. The van der Waals surface area contributed by atoms with E-state index in [0.29, 0.717) is 17.4 Å². The fourth-order valence-corrected chi connectivity index (χ4v) is 0.985. The van der Waals surface area contributed by atoms with Gasteiger partial charge >= 0.3 is 0 Å². The lowest BCUT2D eigenvalue weighted by Crippen LogP contribution is -1.99. The van der Waals surface area contributed by atoms with Crippen LogP contribution >= 0.6 is 0 Å². The Labute approximate surface area is 66.5 Å². The molecular formula is C7H8N4. The maximum absolute atomic E-state index is 7.60. The molecule has 0 saturated carbocycles. The summed E-state index contributed by atoms with van der Waals surface area (Å²) in [6.07, 6.45) is 1.36. The van der Waals surface area contributed by atoms with Crippen molar-refractivity contribution in [3.63, 3.8) is 0 Å². The van der Waals surface area contributed by atoms with Crippen LogP contribution < -0.4 is 5.73 Å². The monoisotopic (exact) mass is 150 g/mol. The normalized spacial score (nSPS) is 12.8. The van der Waals surface area contributed by atoms with Crippen molar-refractivity contribution in [2.24, 2.45) is 0 Å². The van der Waals surface area contributed by atoms with Crippen molar-refractivity contribution in [2.45, 2.75) is 6.92 Å². The number of aryl methyl sites for hydroxylation is 1. The predicted molar refractivity (Wildman–Crippen MR) is 42.1 cm³/mol. The summed E-state index contributed by atoms with van der Waals surface area (Å²) in [6.45, 7) is 1.85. The molecule has 0 aliphatic rings. The van der Waals surface area contributed by atoms with Gasteiger partial charge in [-0.1, -0.05) is 0 Å². The molecule has 56 valence electrons. The maximum Gasteiger partial charge on any atom is 0.158 e. The van der Waals surface area contributed by atoms with Gasteiger partial charge in [0.15, 0.2) is 7.23 Å². The van der Waals surface area contributed by atoms with Crippen molar-refractivity contribution in [3.05, 3.63) is 24.1 Å². The summed E-state index contributed by atoms with van der Waals surface area (Å²) in [5, 5.41) is 3.97. The third kappa shape index (κ3) is 0.756. The number of aromatic nitrogens is 3. The lowest BCUT2D eigenvalue weighted by molar-refractivity contribution is 0.875. The summed E-state index contributed by atoms with van der Waals surface area (Å²) in [6, 6.07) is 2.01. The summed E-state index contributed by atoms with van der Waals surface area (Å²) in [4.78, 5) is 3.85. The minimum absolute atomic E-state index is 0.327. The van der Waals surface area contributed by atoms with E-state index < -0.39 is 0 Å². The molecule has 2 heterocycles. The molecule has 0 amide bonds. The molecule has 0 atom stereocenters. The first-order valence-corrected chi connectivity index (χ1v) is 3.21. The zero-order valence-electron chi connectivity index (χ0n) is 8.00. The first-order chi connectivity index (χ1) is 6.24. The van der Waals surface area contributed by atoms with E-state index in [1.807, 2.05) is 6.92 Å². The van der Waals surface area contributed by atoms with Gasteiger partial charge in [0.1, 0.15) is 11.8 Å². The highest BCUT2D eigenvalue weighted by Crippen LogP contribution is 2.11. The minimum atomic E-state index is 0.327. The van der Waals surface area contributed by atoms with E-state index in [2.05, 4.69) is 15.8 Å². The maximum atomic E-state index is 7.60. The largest absolute Gasteiger partial charge is 0.382 e. The molecule has 2 aromatic heterocycles. The molecule has 0 spiro atoms. The van der Waals surface area contributed by atoms with E-state index in [9.17, 15) is 0 Å². The zero-order valence-corrected chi connectivity index (χ0v) is 6.00. The SMILES string of the molecule is [2H]Nc1ncnn2c(C)cc([2H])c12. The first kappa shape index (κ1) is 4.33. The lowest BCUT2D eigenvalue weighted by atomic mass is 10.5. The Bertz CT molecular complexity index is 451. The summed E-state index contributed by atoms with van der Waals surface area (Å²) >= 11 is 0. The molecule has 0 aromatic carbocycles. The van der Waals surface area contributed by atoms with Gasteiger partial charge in [-0.15, -0.1) is 0 Å². The average Bonchev–Trinajstić information content (AvgIpc) is 2.43. The topological polar surface area (TPSA) is 56.2 Å². The fraction of sp³-hybridized carbons (Fsp3) is 0.143. The van der Waals surface area contributed by atoms with Crippen molar-refractivity contribution in [2.75, 3.05) is 5.73 Å². The van der Waals surface area contributed by atoms with Gasteiger partial charge in [0, 0.05) is 5.69 Å². The van der Waals surface area contributed by atoms with Crippen molar-refractivity contribution in [1.29, 1.82) is 0 Å². The van der Waals surface area contributed by atoms with Crippen LogP contribution in [-0.2, 0) is 0 Å². The van der Waals surface area contributed by atoms with Crippen LogP contribution in [0.3, 0.4) is 0 Å². The molecular weight excluding hydrogens is 140 g/mol. The first-order valence-electron chi connectivity index (χ1n) is 4.21. The van der Waals surface area contributed by atoms with E-state index in [1.54, 1.807) is 10.6 Å². The zero-order chi connectivity index (χ0) is 9.42. The molecule has 0 aliphatic heterocycles. The van der Waals surface area contributed by atoms with Crippen molar-refractivity contribution in [3.8, 4) is 0 Å². The average molecular weight is 150 g/mol. The van der Waals surface area contributed by atoms with Gasteiger partial charge in [-0.3, -0.25) is 0 Å². The van der Waals surface area contributed by atoms with Crippen molar-refractivity contribution in [1.82, 2.24) is 14.6 Å².